The molecule has 0 fully saturated rings. The molecule has 6 nitrogen and oxygen atoms in total. The molecule has 5 aromatic rings. The molecule has 6 heteroatoms. The molecule has 0 aliphatic rings. The number of pyridine rings is 2. The van der Waals surface area contributed by atoms with Crippen LogP contribution in [0.25, 0.3) is 44.2 Å². The van der Waals surface area contributed by atoms with Crippen molar-refractivity contribution < 1.29 is 9.26 Å². The molecular formula is C22H18N4O2. The summed E-state index contributed by atoms with van der Waals surface area (Å²) < 4.78 is 11.1. The van der Waals surface area contributed by atoms with E-state index in [-0.39, 0.29) is 0 Å². The lowest BCUT2D eigenvalue weighted by molar-refractivity contribution is 0.393. The quantitative estimate of drug-likeness (QED) is 0.480. The maximum atomic E-state index is 5.74. The van der Waals surface area contributed by atoms with Crippen molar-refractivity contribution in [3.63, 3.8) is 0 Å². The minimum absolute atomic E-state index is 0.769. The van der Waals surface area contributed by atoms with Gasteiger partial charge in [0.15, 0.2) is 0 Å². The van der Waals surface area contributed by atoms with Crippen molar-refractivity contribution in [3.05, 3.63) is 60.4 Å². The molecule has 1 N–H and O–H groups in total. The number of methoxy groups -OCH3 is 1. The zero-order chi connectivity index (χ0) is 19.3. The van der Waals surface area contributed by atoms with Gasteiger partial charge in [-0.3, -0.25) is 9.97 Å². The summed E-state index contributed by atoms with van der Waals surface area (Å²) in [4.78, 5) is 12.3. The van der Waals surface area contributed by atoms with Gasteiger partial charge in [0.05, 0.1) is 29.6 Å². The second-order valence-corrected chi connectivity index (χ2v) is 6.74. The van der Waals surface area contributed by atoms with Gasteiger partial charge in [-0.1, -0.05) is 5.16 Å². The third-order valence-corrected chi connectivity index (χ3v) is 5.09. The number of H-pyrrole nitrogens is 1. The highest BCUT2D eigenvalue weighted by Crippen LogP contribution is 2.41. The summed E-state index contributed by atoms with van der Waals surface area (Å²) >= 11 is 0. The van der Waals surface area contributed by atoms with Crippen LogP contribution >= 0.6 is 0 Å². The van der Waals surface area contributed by atoms with Crippen LogP contribution in [0.2, 0.25) is 0 Å². The minimum atomic E-state index is 0.769. The molecule has 0 saturated carbocycles. The van der Waals surface area contributed by atoms with Crippen molar-refractivity contribution in [1.82, 2.24) is 20.1 Å². The molecule has 0 atom stereocenters. The highest BCUT2D eigenvalue weighted by molar-refractivity contribution is 6.14. The first-order valence-electron chi connectivity index (χ1n) is 8.99. The van der Waals surface area contributed by atoms with Crippen molar-refractivity contribution in [1.29, 1.82) is 0 Å². The molecule has 5 rings (SSSR count). The van der Waals surface area contributed by atoms with Gasteiger partial charge in [-0.25, -0.2) is 0 Å². The number of rotatable bonds is 3. The average Bonchev–Trinajstić information content (AvgIpc) is 3.26. The van der Waals surface area contributed by atoms with E-state index in [1.54, 1.807) is 19.5 Å². The molecule has 0 unspecified atom stereocenters. The van der Waals surface area contributed by atoms with Crippen molar-refractivity contribution in [2.45, 2.75) is 13.8 Å². The van der Waals surface area contributed by atoms with Crippen molar-refractivity contribution in [2.24, 2.45) is 0 Å². The van der Waals surface area contributed by atoms with E-state index < -0.39 is 0 Å². The Bertz CT molecular complexity index is 1300. The Balaban J connectivity index is 1.85. The molecule has 4 heterocycles. The van der Waals surface area contributed by atoms with E-state index in [0.717, 1.165) is 61.4 Å². The third kappa shape index (κ3) is 2.38. The van der Waals surface area contributed by atoms with Crippen molar-refractivity contribution in [2.75, 3.05) is 7.11 Å². The zero-order valence-corrected chi connectivity index (χ0v) is 15.8. The average molecular weight is 370 g/mol. The number of aryl methyl sites for hydroxylation is 2. The van der Waals surface area contributed by atoms with Gasteiger partial charge in [-0.2, -0.15) is 0 Å². The molecule has 0 saturated heterocycles. The topological polar surface area (TPSA) is 76.8 Å². The Morgan fingerprint density at radius 1 is 1.00 bits per heavy atom. The van der Waals surface area contributed by atoms with Gasteiger partial charge in [-0.05, 0) is 44.2 Å². The second-order valence-electron chi connectivity index (χ2n) is 6.74. The number of hydrogen-bond acceptors (Lipinski definition) is 5. The van der Waals surface area contributed by atoms with E-state index in [4.69, 9.17) is 9.26 Å². The summed E-state index contributed by atoms with van der Waals surface area (Å²) in [6, 6.07) is 10.1. The minimum Gasteiger partial charge on any atom is -0.496 e. The molecule has 0 radical (unpaired) electrons. The number of ether oxygens (including phenoxy) is 1. The van der Waals surface area contributed by atoms with Crippen LogP contribution in [0.3, 0.4) is 0 Å². The summed E-state index contributed by atoms with van der Waals surface area (Å²) in [5, 5.41) is 6.21. The van der Waals surface area contributed by atoms with Crippen LogP contribution in [0.4, 0.5) is 0 Å². The number of aromatic amines is 1. The fraction of sp³-hybridized carbons (Fsp3) is 0.136. The second kappa shape index (κ2) is 6.20. The number of hydrogen-bond donors (Lipinski definition) is 1. The van der Waals surface area contributed by atoms with Gasteiger partial charge >= 0.3 is 0 Å². The van der Waals surface area contributed by atoms with Gasteiger partial charge in [0.25, 0.3) is 0 Å². The SMILES string of the molecule is COc1cc2c(cc1-c1c(C)noc1C)[nH]c1ccnc(-c3ccncc3)c12. The van der Waals surface area contributed by atoms with E-state index in [1.165, 1.54) is 0 Å². The Kier molecular flexibility index (Phi) is 3.65. The van der Waals surface area contributed by atoms with Crippen LogP contribution in [0.5, 0.6) is 5.75 Å². The molecule has 0 spiro atoms. The Morgan fingerprint density at radius 3 is 2.54 bits per heavy atom. The summed E-state index contributed by atoms with van der Waals surface area (Å²) in [7, 11) is 1.68. The Hall–Kier alpha value is -3.67. The molecule has 4 aromatic heterocycles. The normalized spacial score (nSPS) is 11.4. The zero-order valence-electron chi connectivity index (χ0n) is 15.8. The van der Waals surface area contributed by atoms with Gasteiger partial charge < -0.3 is 14.2 Å². The maximum absolute atomic E-state index is 5.74. The number of nitrogens with one attached hydrogen (secondary N) is 1. The number of fused-ring (bicyclic) bond motifs is 3. The lowest BCUT2D eigenvalue weighted by Crippen LogP contribution is -1.90. The van der Waals surface area contributed by atoms with Gasteiger partial charge in [0.1, 0.15) is 11.5 Å². The molecule has 1 aromatic carbocycles. The smallest absolute Gasteiger partial charge is 0.141 e. The van der Waals surface area contributed by atoms with Crippen LogP contribution in [0.1, 0.15) is 11.5 Å². The number of aromatic nitrogens is 4. The predicted molar refractivity (Wildman–Crippen MR) is 108 cm³/mol. The summed E-state index contributed by atoms with van der Waals surface area (Å²) in [5.74, 6) is 1.54. The number of benzene rings is 1. The molecule has 138 valence electrons. The highest BCUT2D eigenvalue weighted by Gasteiger charge is 2.19. The lowest BCUT2D eigenvalue weighted by Gasteiger charge is -2.09. The third-order valence-electron chi connectivity index (χ3n) is 5.09. The van der Waals surface area contributed by atoms with Gasteiger partial charge in [0, 0.05) is 46.0 Å². The Labute approximate surface area is 161 Å². The molecule has 0 aliphatic carbocycles. The van der Waals surface area contributed by atoms with E-state index in [1.807, 2.05) is 38.2 Å². The lowest BCUT2D eigenvalue weighted by atomic mass is 9.99. The molecule has 28 heavy (non-hydrogen) atoms. The van der Waals surface area contributed by atoms with Gasteiger partial charge in [-0.15, -0.1) is 0 Å². The fourth-order valence-corrected chi connectivity index (χ4v) is 3.83. The van der Waals surface area contributed by atoms with E-state index in [9.17, 15) is 0 Å². The van der Waals surface area contributed by atoms with Crippen LogP contribution in [-0.2, 0) is 0 Å². The summed E-state index contributed by atoms with van der Waals surface area (Å²) in [5.41, 5.74) is 6.73. The number of nitrogens with zero attached hydrogens (tertiary/aromatic N) is 3. The van der Waals surface area contributed by atoms with Gasteiger partial charge in [0.2, 0.25) is 0 Å². The van der Waals surface area contributed by atoms with E-state index >= 15 is 0 Å². The predicted octanol–water partition coefficient (Wildman–Crippen LogP) is 5.06. The molecular weight excluding hydrogens is 352 g/mol. The first-order chi connectivity index (χ1) is 13.7. The van der Waals surface area contributed by atoms with E-state index in [0.29, 0.717) is 0 Å². The first kappa shape index (κ1) is 16.5. The standard InChI is InChI=1S/C22H18N4O2/c1-12-20(13(2)28-26-12)16-10-18-15(11-19(16)27-3)21-17(25-18)6-9-24-22(21)14-4-7-23-8-5-14/h4-11,25H,1-3H3. The van der Waals surface area contributed by atoms with Crippen LogP contribution in [-0.4, -0.2) is 27.2 Å². The highest BCUT2D eigenvalue weighted by atomic mass is 16.5. The summed E-state index contributed by atoms with van der Waals surface area (Å²) in [6.45, 7) is 3.85. The monoisotopic (exact) mass is 370 g/mol. The summed E-state index contributed by atoms with van der Waals surface area (Å²) in [6.07, 6.45) is 5.38. The van der Waals surface area contributed by atoms with Crippen LogP contribution in [0.15, 0.2) is 53.4 Å². The molecule has 0 amide bonds. The van der Waals surface area contributed by atoms with Crippen LogP contribution in [0, 0.1) is 13.8 Å². The Morgan fingerprint density at radius 2 is 1.82 bits per heavy atom. The first-order valence-corrected chi connectivity index (χ1v) is 8.99. The van der Waals surface area contributed by atoms with Crippen LogP contribution < -0.4 is 4.74 Å². The van der Waals surface area contributed by atoms with Crippen molar-refractivity contribution >= 4 is 21.8 Å². The van der Waals surface area contributed by atoms with E-state index in [2.05, 4.69) is 32.2 Å². The maximum Gasteiger partial charge on any atom is 0.141 e. The molecule has 0 aliphatic heterocycles. The largest absolute Gasteiger partial charge is 0.496 e. The molecule has 0 bridgehead atoms. The van der Waals surface area contributed by atoms with Crippen molar-refractivity contribution in [3.8, 4) is 28.1 Å². The fourth-order valence-electron chi connectivity index (χ4n) is 3.83.